The summed E-state index contributed by atoms with van der Waals surface area (Å²) in [5.74, 6) is 0.106. The summed E-state index contributed by atoms with van der Waals surface area (Å²) >= 11 is 0. The van der Waals surface area contributed by atoms with Gasteiger partial charge in [0.15, 0.2) is 16.9 Å². The maximum atomic E-state index is 13.6. The number of phenols is 3. The van der Waals surface area contributed by atoms with E-state index in [-0.39, 0.29) is 45.3 Å². The van der Waals surface area contributed by atoms with Crippen LogP contribution < -0.4 is 14.9 Å². The minimum Gasteiger partial charge on any atom is -0.507 e. The molecule has 0 radical (unpaired) electrons. The van der Waals surface area contributed by atoms with Gasteiger partial charge in [-0.1, -0.05) is 0 Å². The summed E-state index contributed by atoms with van der Waals surface area (Å²) in [6, 6.07) is 2.80. The molecule has 32 heavy (non-hydrogen) atoms. The zero-order valence-corrected chi connectivity index (χ0v) is 18.1. The highest BCUT2D eigenvalue weighted by Gasteiger charge is 2.49. The van der Waals surface area contributed by atoms with Crippen molar-refractivity contribution in [3.63, 3.8) is 0 Å². The van der Waals surface area contributed by atoms with Gasteiger partial charge < -0.3 is 29.2 Å². The van der Waals surface area contributed by atoms with Gasteiger partial charge in [0.05, 0.1) is 11.1 Å². The fourth-order valence-electron chi connectivity index (χ4n) is 5.17. The van der Waals surface area contributed by atoms with Gasteiger partial charge in [0, 0.05) is 29.2 Å². The number of hydrogen-bond acceptors (Lipinski definition) is 7. The molecule has 164 valence electrons. The number of fused-ring (bicyclic) bond motifs is 4. The lowest BCUT2D eigenvalue weighted by Crippen LogP contribution is -2.34. The average molecular weight is 434 g/mol. The van der Waals surface area contributed by atoms with Crippen molar-refractivity contribution in [1.29, 1.82) is 0 Å². The second kappa shape index (κ2) is 5.59. The normalized spacial score (nSPS) is 20.8. The zero-order chi connectivity index (χ0) is 22.7. The van der Waals surface area contributed by atoms with Crippen LogP contribution >= 0.6 is 0 Å². The number of benzene rings is 2. The van der Waals surface area contributed by atoms with Crippen molar-refractivity contribution in [2.75, 3.05) is 0 Å². The molecule has 3 heterocycles. The van der Waals surface area contributed by atoms with E-state index in [2.05, 4.69) is 0 Å². The highest BCUT2D eigenvalue weighted by molar-refractivity contribution is 5.94. The van der Waals surface area contributed by atoms with Crippen LogP contribution in [0.15, 0.2) is 27.4 Å². The van der Waals surface area contributed by atoms with Crippen LogP contribution in [0.25, 0.3) is 28.4 Å². The van der Waals surface area contributed by atoms with Gasteiger partial charge in [0.1, 0.15) is 45.2 Å². The Morgan fingerprint density at radius 3 is 2.53 bits per heavy atom. The summed E-state index contributed by atoms with van der Waals surface area (Å²) < 4.78 is 18.1. The highest BCUT2D eigenvalue weighted by Crippen LogP contribution is 2.59. The second-order valence-electron chi connectivity index (χ2n) is 9.78. The van der Waals surface area contributed by atoms with Crippen LogP contribution in [0.5, 0.6) is 28.7 Å². The van der Waals surface area contributed by atoms with Crippen LogP contribution in [-0.2, 0) is 6.42 Å². The van der Waals surface area contributed by atoms with Crippen LogP contribution in [0.4, 0.5) is 0 Å². The lowest BCUT2D eigenvalue weighted by molar-refractivity contribution is 0.106. The molecular formula is C25H22O7. The van der Waals surface area contributed by atoms with E-state index in [1.54, 1.807) is 12.1 Å². The van der Waals surface area contributed by atoms with Crippen molar-refractivity contribution in [3.8, 4) is 40.1 Å². The van der Waals surface area contributed by atoms with Gasteiger partial charge in [-0.25, -0.2) is 0 Å². The van der Waals surface area contributed by atoms with E-state index in [4.69, 9.17) is 13.9 Å². The summed E-state index contributed by atoms with van der Waals surface area (Å²) in [7, 11) is 0. The Bertz CT molecular complexity index is 1460. The Morgan fingerprint density at radius 1 is 1.03 bits per heavy atom. The Kier molecular flexibility index (Phi) is 3.34. The third-order valence-corrected chi connectivity index (χ3v) is 6.74. The third kappa shape index (κ3) is 2.28. The maximum Gasteiger partial charge on any atom is 0.200 e. The van der Waals surface area contributed by atoms with Crippen LogP contribution in [0.2, 0.25) is 0 Å². The number of rotatable bonds is 0. The van der Waals surface area contributed by atoms with Gasteiger partial charge in [-0.3, -0.25) is 4.79 Å². The van der Waals surface area contributed by atoms with Crippen molar-refractivity contribution >= 4 is 17.0 Å². The van der Waals surface area contributed by atoms with Crippen molar-refractivity contribution in [2.24, 2.45) is 0 Å². The summed E-state index contributed by atoms with van der Waals surface area (Å²) in [4.78, 5) is 13.6. The first kappa shape index (κ1) is 19.1. The first-order chi connectivity index (χ1) is 15.0. The molecule has 2 aliphatic heterocycles. The van der Waals surface area contributed by atoms with Gasteiger partial charge >= 0.3 is 0 Å². The zero-order valence-electron chi connectivity index (χ0n) is 18.1. The van der Waals surface area contributed by atoms with Gasteiger partial charge in [-0.05, 0) is 46.3 Å². The van der Waals surface area contributed by atoms with Crippen LogP contribution in [0.1, 0.15) is 50.3 Å². The van der Waals surface area contributed by atoms with Crippen molar-refractivity contribution in [3.05, 3.63) is 45.1 Å². The third-order valence-electron chi connectivity index (χ3n) is 6.74. The fourth-order valence-corrected chi connectivity index (χ4v) is 5.17. The van der Waals surface area contributed by atoms with Crippen molar-refractivity contribution < 1.29 is 29.2 Å². The van der Waals surface area contributed by atoms with E-state index in [9.17, 15) is 20.1 Å². The van der Waals surface area contributed by atoms with E-state index < -0.39 is 11.2 Å². The molecule has 0 amide bonds. The van der Waals surface area contributed by atoms with Gasteiger partial charge in [-0.15, -0.1) is 0 Å². The topological polar surface area (TPSA) is 109 Å². The number of hydrogen-bond donors (Lipinski definition) is 3. The smallest absolute Gasteiger partial charge is 0.200 e. The fraction of sp³-hybridized carbons (Fsp3) is 0.320. The predicted molar refractivity (Wildman–Crippen MR) is 118 cm³/mol. The lowest BCUT2D eigenvalue weighted by atomic mass is 9.75. The minimum absolute atomic E-state index is 0.0779. The summed E-state index contributed by atoms with van der Waals surface area (Å²) in [6.45, 7) is 7.53. The highest BCUT2D eigenvalue weighted by atomic mass is 16.5. The summed E-state index contributed by atoms with van der Waals surface area (Å²) in [6.07, 6.45) is 3.86. The lowest BCUT2D eigenvalue weighted by Gasteiger charge is -2.30. The number of ether oxygens (including phenoxy) is 2. The standard InChI is InChI=1S/C25H22O7/c1-24(2)6-5-10-15(31-24)9-16-19(20(10)28)21(29)11-7-12-17-18(22(11)30-16)13(26)8-14(27)23(17)32-25(12,3)4/h5-6,8-9,12,26-28H,7H2,1-4H3/t12-/m0/s1. The molecule has 7 nitrogen and oxygen atoms in total. The molecule has 0 bridgehead atoms. The SMILES string of the molecule is CC1(C)C=Cc2c(cc3oc4c(c(=O)c3c2O)C[C@H]2c3c(c(O)cc(O)c3-4)OC2(C)C)O1. The minimum atomic E-state index is -0.707. The monoisotopic (exact) mass is 434 g/mol. The molecule has 1 aromatic heterocycles. The van der Waals surface area contributed by atoms with Crippen LogP contribution in [0.3, 0.4) is 0 Å². The molecule has 0 saturated carbocycles. The Balaban J connectivity index is 1.70. The van der Waals surface area contributed by atoms with E-state index in [1.807, 2.05) is 33.8 Å². The van der Waals surface area contributed by atoms with Gasteiger partial charge in [-0.2, -0.15) is 0 Å². The Morgan fingerprint density at radius 2 is 1.78 bits per heavy atom. The number of aromatic hydroxyl groups is 3. The molecule has 0 unspecified atom stereocenters. The van der Waals surface area contributed by atoms with E-state index in [0.717, 1.165) is 0 Å². The molecule has 0 saturated heterocycles. The quantitative estimate of drug-likeness (QED) is 0.475. The molecule has 6 rings (SSSR count). The molecule has 0 spiro atoms. The first-order valence-electron chi connectivity index (χ1n) is 10.5. The van der Waals surface area contributed by atoms with E-state index in [1.165, 1.54) is 6.07 Å². The summed E-state index contributed by atoms with van der Waals surface area (Å²) in [5, 5.41) is 32.2. The average Bonchev–Trinajstić information content (AvgIpc) is 2.96. The molecular weight excluding hydrogens is 412 g/mol. The maximum absolute atomic E-state index is 13.6. The molecule has 3 aliphatic rings. The van der Waals surface area contributed by atoms with Crippen LogP contribution in [-0.4, -0.2) is 26.5 Å². The van der Waals surface area contributed by atoms with E-state index >= 15 is 0 Å². The van der Waals surface area contributed by atoms with Crippen LogP contribution in [0, 0.1) is 0 Å². The molecule has 1 atom stereocenters. The Labute approximate surface area is 183 Å². The number of phenolic OH excluding ortho intramolecular Hbond substituents is 3. The predicted octanol–water partition coefficient (Wildman–Crippen LogP) is 4.57. The van der Waals surface area contributed by atoms with Crippen molar-refractivity contribution in [2.45, 2.75) is 51.2 Å². The van der Waals surface area contributed by atoms with Gasteiger partial charge in [0.2, 0.25) is 0 Å². The molecule has 7 heteroatoms. The summed E-state index contributed by atoms with van der Waals surface area (Å²) in [5.41, 5.74) is 0.278. The first-order valence-corrected chi connectivity index (χ1v) is 10.5. The largest absolute Gasteiger partial charge is 0.507 e. The van der Waals surface area contributed by atoms with Crippen molar-refractivity contribution in [1.82, 2.24) is 0 Å². The molecule has 0 fully saturated rings. The molecule has 3 N–H and O–H groups in total. The molecule has 2 aromatic carbocycles. The molecule has 3 aromatic rings. The van der Waals surface area contributed by atoms with Gasteiger partial charge in [0.25, 0.3) is 0 Å². The second-order valence-corrected chi connectivity index (χ2v) is 9.78. The Hall–Kier alpha value is -3.61. The molecule has 1 aliphatic carbocycles. The van der Waals surface area contributed by atoms with E-state index in [0.29, 0.717) is 40.2 Å².